The number of aromatic carboxylic acids is 1. The van der Waals surface area contributed by atoms with Gasteiger partial charge in [0.25, 0.3) is 0 Å². The van der Waals surface area contributed by atoms with Crippen LogP contribution >= 0.6 is 0 Å². The quantitative estimate of drug-likeness (QED) is 0.653. The molecule has 6 nitrogen and oxygen atoms in total. The van der Waals surface area contributed by atoms with Crippen molar-refractivity contribution in [1.82, 2.24) is 4.98 Å². The maximum Gasteiger partial charge on any atom is 0.335 e. The molecule has 0 atom stereocenters. The number of carboxylic acids is 1. The van der Waals surface area contributed by atoms with Gasteiger partial charge in [0.2, 0.25) is 5.56 Å². The number of carbonyl (C=O) groups is 1. The summed E-state index contributed by atoms with van der Waals surface area (Å²) in [5, 5.41) is 9.81. The van der Waals surface area contributed by atoms with E-state index in [9.17, 15) is 9.59 Å². The number of aromatic nitrogens is 1. The van der Waals surface area contributed by atoms with Gasteiger partial charge in [-0.1, -0.05) is 18.2 Å². The predicted molar refractivity (Wildman–Crippen MR) is 95.7 cm³/mol. The standard InChI is InChI=1S/C16H11NO3.2Na.2H2O/c18-15-8-6-13-9-12(5-7-14(13)17-15)10-1-3-11(4-2-10)16(19)20;;;;/h1-9H,(H,17,18)(H,19,20);;;2*1H2. The molecule has 3 aromatic rings. The fourth-order valence-electron chi connectivity index (χ4n) is 2.14. The smallest absolute Gasteiger partial charge is 0.335 e. The van der Waals surface area contributed by atoms with E-state index >= 15 is 0 Å². The second kappa shape index (κ2) is 10.8. The van der Waals surface area contributed by atoms with Crippen molar-refractivity contribution in [3.63, 3.8) is 0 Å². The third-order valence-corrected chi connectivity index (χ3v) is 3.19. The summed E-state index contributed by atoms with van der Waals surface area (Å²) in [5.41, 5.74) is 2.82. The number of rotatable bonds is 2. The van der Waals surface area contributed by atoms with Gasteiger partial charge in [-0.05, 0) is 46.8 Å². The Morgan fingerprint density at radius 2 is 1.42 bits per heavy atom. The maximum absolute atomic E-state index is 11.2. The number of carboxylic acid groups (broad SMARTS) is 1. The van der Waals surface area contributed by atoms with E-state index in [0.717, 1.165) is 22.0 Å². The molecule has 2 radical (unpaired) electrons. The van der Waals surface area contributed by atoms with E-state index in [1.165, 1.54) is 6.07 Å². The Kier molecular flexibility index (Phi) is 11.4. The van der Waals surface area contributed by atoms with Crippen LogP contribution in [0.1, 0.15) is 10.4 Å². The molecule has 6 N–H and O–H groups in total. The zero-order valence-corrected chi connectivity index (χ0v) is 17.5. The molecule has 0 aliphatic heterocycles. The third kappa shape index (κ3) is 5.54. The number of nitrogens with one attached hydrogen (secondary N) is 1. The molecular weight excluding hydrogens is 332 g/mol. The molecule has 0 saturated heterocycles. The van der Waals surface area contributed by atoms with Gasteiger partial charge in [-0.25, -0.2) is 4.79 Å². The molecule has 0 aliphatic rings. The van der Waals surface area contributed by atoms with Crippen LogP contribution in [0.4, 0.5) is 0 Å². The van der Waals surface area contributed by atoms with Crippen LogP contribution in [0.2, 0.25) is 0 Å². The van der Waals surface area contributed by atoms with Gasteiger partial charge < -0.3 is 21.0 Å². The van der Waals surface area contributed by atoms with Crippen LogP contribution in [-0.4, -0.2) is 86.1 Å². The van der Waals surface area contributed by atoms with Gasteiger partial charge in [-0.3, -0.25) is 4.79 Å². The van der Waals surface area contributed by atoms with E-state index in [-0.39, 0.29) is 81.2 Å². The average molecular weight is 347 g/mol. The first-order valence-electron chi connectivity index (χ1n) is 6.10. The van der Waals surface area contributed by atoms with Crippen LogP contribution in [0, 0.1) is 0 Å². The van der Waals surface area contributed by atoms with Crippen molar-refractivity contribution in [3.05, 3.63) is 70.5 Å². The molecule has 8 heteroatoms. The van der Waals surface area contributed by atoms with Crippen molar-refractivity contribution < 1.29 is 20.9 Å². The van der Waals surface area contributed by atoms with Crippen molar-refractivity contribution in [1.29, 1.82) is 0 Å². The number of benzene rings is 2. The second-order valence-corrected chi connectivity index (χ2v) is 4.51. The van der Waals surface area contributed by atoms with E-state index in [1.807, 2.05) is 18.2 Å². The summed E-state index contributed by atoms with van der Waals surface area (Å²) in [6.07, 6.45) is 0. The number of hydrogen-bond donors (Lipinski definition) is 2. The Hall–Kier alpha value is -0.960. The largest absolute Gasteiger partial charge is 0.478 e. The molecule has 116 valence electrons. The van der Waals surface area contributed by atoms with Crippen molar-refractivity contribution in [3.8, 4) is 11.1 Å². The topological polar surface area (TPSA) is 133 Å². The van der Waals surface area contributed by atoms with Crippen LogP contribution in [0.15, 0.2) is 59.4 Å². The summed E-state index contributed by atoms with van der Waals surface area (Å²) in [5.74, 6) is -0.937. The summed E-state index contributed by atoms with van der Waals surface area (Å²) in [4.78, 5) is 24.8. The first kappa shape index (κ1) is 25.3. The molecule has 0 amide bonds. The molecule has 1 aromatic heterocycles. The van der Waals surface area contributed by atoms with Gasteiger partial charge in [0.15, 0.2) is 0 Å². The van der Waals surface area contributed by atoms with Gasteiger partial charge in [-0.2, -0.15) is 0 Å². The number of pyridine rings is 1. The zero-order chi connectivity index (χ0) is 14.1. The molecule has 1 heterocycles. The summed E-state index contributed by atoms with van der Waals surface area (Å²) in [6.45, 7) is 0. The zero-order valence-electron chi connectivity index (χ0n) is 13.5. The number of aromatic amines is 1. The maximum atomic E-state index is 11.2. The van der Waals surface area contributed by atoms with E-state index in [0.29, 0.717) is 0 Å². The van der Waals surface area contributed by atoms with Gasteiger partial charge in [0.05, 0.1) is 5.56 Å². The molecule has 0 saturated carbocycles. The summed E-state index contributed by atoms with van der Waals surface area (Å²) in [6, 6.07) is 15.7. The van der Waals surface area contributed by atoms with Crippen molar-refractivity contribution in [2.75, 3.05) is 0 Å². The first-order valence-corrected chi connectivity index (χ1v) is 6.10. The molecular formula is C16H15NNa2O5. The van der Waals surface area contributed by atoms with Crippen molar-refractivity contribution >= 4 is 76.0 Å². The molecule has 0 aliphatic carbocycles. The van der Waals surface area contributed by atoms with Crippen LogP contribution < -0.4 is 5.56 Å². The van der Waals surface area contributed by atoms with Gasteiger partial charge in [0, 0.05) is 70.7 Å². The fourth-order valence-corrected chi connectivity index (χ4v) is 2.14. The van der Waals surface area contributed by atoms with Crippen LogP contribution in [0.3, 0.4) is 0 Å². The normalized spacial score (nSPS) is 8.83. The van der Waals surface area contributed by atoms with Gasteiger partial charge in [-0.15, -0.1) is 0 Å². The van der Waals surface area contributed by atoms with Crippen LogP contribution in [0.5, 0.6) is 0 Å². The van der Waals surface area contributed by atoms with E-state index in [1.54, 1.807) is 30.3 Å². The molecule has 0 spiro atoms. The minimum absolute atomic E-state index is 0. The summed E-state index contributed by atoms with van der Waals surface area (Å²) in [7, 11) is 0. The second-order valence-electron chi connectivity index (χ2n) is 4.51. The molecule has 0 unspecified atom stereocenters. The predicted octanol–water partition coefficient (Wildman–Crippen LogP) is 0.482. The van der Waals surface area contributed by atoms with Gasteiger partial charge >= 0.3 is 5.97 Å². The number of hydrogen-bond acceptors (Lipinski definition) is 2. The average Bonchev–Trinajstić information content (AvgIpc) is 2.47. The Morgan fingerprint density at radius 1 is 0.833 bits per heavy atom. The molecule has 24 heavy (non-hydrogen) atoms. The summed E-state index contributed by atoms with van der Waals surface area (Å²) >= 11 is 0. The Bertz CT molecular complexity index is 862. The third-order valence-electron chi connectivity index (χ3n) is 3.19. The van der Waals surface area contributed by atoms with E-state index in [4.69, 9.17) is 5.11 Å². The summed E-state index contributed by atoms with van der Waals surface area (Å²) < 4.78 is 0. The van der Waals surface area contributed by atoms with Crippen LogP contribution in [-0.2, 0) is 0 Å². The minimum Gasteiger partial charge on any atom is -0.478 e. The van der Waals surface area contributed by atoms with Crippen molar-refractivity contribution in [2.24, 2.45) is 0 Å². The number of fused-ring (bicyclic) bond motifs is 1. The van der Waals surface area contributed by atoms with E-state index in [2.05, 4.69) is 4.98 Å². The molecule has 3 rings (SSSR count). The van der Waals surface area contributed by atoms with Crippen LogP contribution in [0.25, 0.3) is 22.0 Å². The fraction of sp³-hybridized carbons (Fsp3) is 0. The molecule has 0 bridgehead atoms. The van der Waals surface area contributed by atoms with E-state index < -0.39 is 5.97 Å². The Balaban J connectivity index is 0. The minimum atomic E-state index is -0.937. The SMILES string of the molecule is O.O.O=C(O)c1ccc(-c2ccc3[nH]c(=O)ccc3c2)cc1.[Na].[Na]. The molecule has 2 aromatic carbocycles. The Labute approximate surface area is 182 Å². The first-order chi connectivity index (χ1) is 9.63. The molecule has 0 fully saturated rings. The number of H-pyrrole nitrogens is 1. The Morgan fingerprint density at radius 3 is 2.00 bits per heavy atom. The monoisotopic (exact) mass is 347 g/mol. The van der Waals surface area contributed by atoms with Crippen molar-refractivity contribution in [2.45, 2.75) is 0 Å². The van der Waals surface area contributed by atoms with Gasteiger partial charge in [0.1, 0.15) is 0 Å².